The van der Waals surface area contributed by atoms with Crippen LogP contribution in [0, 0.1) is 5.92 Å². The number of pyridine rings is 2. The molecule has 130 valence electrons. The predicted molar refractivity (Wildman–Crippen MR) is 99.0 cm³/mol. The van der Waals surface area contributed by atoms with E-state index in [-0.39, 0.29) is 5.56 Å². The van der Waals surface area contributed by atoms with Crippen LogP contribution in [0.1, 0.15) is 18.0 Å². The monoisotopic (exact) mass is 345 g/mol. The molecule has 6 heteroatoms. The Morgan fingerprint density at radius 2 is 1.96 bits per heavy atom. The molecule has 0 aromatic carbocycles. The van der Waals surface area contributed by atoms with Gasteiger partial charge in [0, 0.05) is 61.5 Å². The Labute approximate surface area is 151 Å². The molecular weight excluding hydrogens is 326 g/mol. The number of hydrogen-bond acceptors (Lipinski definition) is 5. The molecule has 6 nitrogen and oxygen atoms in total. The maximum Gasteiger partial charge on any atom is 0.250 e. The summed E-state index contributed by atoms with van der Waals surface area (Å²) in [6, 6.07) is 11.4. The van der Waals surface area contributed by atoms with Gasteiger partial charge in [0.05, 0.1) is 5.69 Å². The van der Waals surface area contributed by atoms with Crippen LogP contribution in [0.4, 0.5) is 5.95 Å². The van der Waals surface area contributed by atoms with Gasteiger partial charge in [-0.25, -0.2) is 9.97 Å². The van der Waals surface area contributed by atoms with Crippen LogP contribution < -0.4 is 10.5 Å². The predicted octanol–water partition coefficient (Wildman–Crippen LogP) is 2.32. The lowest BCUT2D eigenvalue weighted by Crippen LogP contribution is -2.47. The van der Waals surface area contributed by atoms with Crippen LogP contribution >= 0.6 is 0 Å². The van der Waals surface area contributed by atoms with Gasteiger partial charge in [-0.15, -0.1) is 0 Å². The fourth-order valence-electron chi connectivity index (χ4n) is 4.24. The number of nitrogens with zero attached hydrogens (tertiary/aromatic N) is 5. The molecule has 26 heavy (non-hydrogen) atoms. The van der Waals surface area contributed by atoms with Crippen LogP contribution in [0.3, 0.4) is 0 Å². The number of piperidine rings is 1. The number of fused-ring (bicyclic) bond motifs is 4. The number of rotatable bonds is 2. The number of hydrogen-bond donors (Lipinski definition) is 0. The first-order valence-corrected chi connectivity index (χ1v) is 8.96. The lowest BCUT2D eigenvalue weighted by atomic mass is 9.83. The van der Waals surface area contributed by atoms with Gasteiger partial charge >= 0.3 is 0 Å². The summed E-state index contributed by atoms with van der Waals surface area (Å²) in [5.41, 5.74) is 3.13. The molecule has 5 heterocycles. The normalized spacial score (nSPS) is 21.3. The third kappa shape index (κ3) is 2.58. The summed E-state index contributed by atoms with van der Waals surface area (Å²) in [6.45, 7) is 2.51. The maximum absolute atomic E-state index is 12.2. The fraction of sp³-hybridized carbons (Fsp3) is 0.300. The molecule has 3 aromatic heterocycles. The Balaban J connectivity index is 1.47. The molecule has 2 aliphatic rings. The van der Waals surface area contributed by atoms with Gasteiger partial charge in [0.25, 0.3) is 5.56 Å². The first kappa shape index (κ1) is 15.3. The zero-order valence-corrected chi connectivity index (χ0v) is 14.3. The van der Waals surface area contributed by atoms with E-state index in [1.807, 2.05) is 41.2 Å². The summed E-state index contributed by atoms with van der Waals surface area (Å²) >= 11 is 0. The molecule has 0 amide bonds. The number of anilines is 1. The van der Waals surface area contributed by atoms with Crippen molar-refractivity contribution >= 4 is 5.95 Å². The summed E-state index contributed by atoms with van der Waals surface area (Å²) in [5.74, 6) is 1.56. The minimum absolute atomic E-state index is 0.112. The van der Waals surface area contributed by atoms with Crippen molar-refractivity contribution in [2.45, 2.75) is 18.9 Å². The highest BCUT2D eigenvalue weighted by molar-refractivity contribution is 5.58. The summed E-state index contributed by atoms with van der Waals surface area (Å²) in [6.07, 6.45) is 6.52. The zero-order chi connectivity index (χ0) is 17.5. The standard InChI is InChI=1S/C20H19N5O/c26-19-5-1-4-18-16-9-14(12-25(18)19)11-24(13-16)20-22-8-6-17(23-20)15-3-2-7-21-10-15/h1-8,10,14,16H,9,11-13H2. The van der Waals surface area contributed by atoms with E-state index in [1.165, 1.54) is 0 Å². The van der Waals surface area contributed by atoms with Crippen LogP contribution in [0.15, 0.2) is 59.8 Å². The van der Waals surface area contributed by atoms with Gasteiger partial charge < -0.3 is 9.47 Å². The van der Waals surface area contributed by atoms with E-state index in [0.717, 1.165) is 49.0 Å². The van der Waals surface area contributed by atoms with Gasteiger partial charge in [-0.3, -0.25) is 9.78 Å². The molecule has 0 N–H and O–H groups in total. The van der Waals surface area contributed by atoms with Crippen molar-refractivity contribution in [3.8, 4) is 11.3 Å². The van der Waals surface area contributed by atoms with Crippen LogP contribution in [0.2, 0.25) is 0 Å². The molecule has 3 aromatic rings. The molecule has 2 bridgehead atoms. The van der Waals surface area contributed by atoms with Crippen molar-refractivity contribution in [2.75, 3.05) is 18.0 Å². The molecule has 5 rings (SSSR count). The smallest absolute Gasteiger partial charge is 0.250 e. The van der Waals surface area contributed by atoms with Gasteiger partial charge in [0.1, 0.15) is 0 Å². The maximum atomic E-state index is 12.2. The van der Waals surface area contributed by atoms with Crippen LogP contribution in [-0.2, 0) is 6.54 Å². The highest BCUT2D eigenvalue weighted by Gasteiger charge is 2.35. The first-order chi connectivity index (χ1) is 12.8. The first-order valence-electron chi connectivity index (χ1n) is 8.96. The lowest BCUT2D eigenvalue weighted by molar-refractivity contribution is 0.279. The average Bonchev–Trinajstić information content (AvgIpc) is 2.69. The van der Waals surface area contributed by atoms with Crippen molar-refractivity contribution in [1.82, 2.24) is 19.5 Å². The van der Waals surface area contributed by atoms with E-state index in [1.54, 1.807) is 12.3 Å². The van der Waals surface area contributed by atoms with Crippen LogP contribution in [0.5, 0.6) is 0 Å². The van der Waals surface area contributed by atoms with Gasteiger partial charge in [0.2, 0.25) is 5.95 Å². The molecule has 0 spiro atoms. The van der Waals surface area contributed by atoms with Gasteiger partial charge in [-0.05, 0) is 36.6 Å². The van der Waals surface area contributed by atoms with E-state index in [4.69, 9.17) is 4.98 Å². The molecule has 0 radical (unpaired) electrons. The van der Waals surface area contributed by atoms with E-state index in [2.05, 4.69) is 20.9 Å². The Hall–Kier alpha value is -3.02. The van der Waals surface area contributed by atoms with Crippen LogP contribution in [0.25, 0.3) is 11.3 Å². The molecule has 2 unspecified atom stereocenters. The SMILES string of the molecule is O=c1cccc2n1CC1CC2CN(c2nccc(-c3cccnc3)n2)C1. The molecule has 2 atom stereocenters. The van der Waals surface area contributed by atoms with Crippen molar-refractivity contribution in [1.29, 1.82) is 0 Å². The van der Waals surface area contributed by atoms with Crippen molar-refractivity contribution in [3.63, 3.8) is 0 Å². The van der Waals surface area contributed by atoms with E-state index >= 15 is 0 Å². The summed E-state index contributed by atoms with van der Waals surface area (Å²) in [5, 5.41) is 0. The topological polar surface area (TPSA) is 63.9 Å². The Morgan fingerprint density at radius 1 is 1.00 bits per heavy atom. The minimum atomic E-state index is 0.112. The van der Waals surface area contributed by atoms with E-state index in [9.17, 15) is 4.79 Å². The second-order valence-electron chi connectivity index (χ2n) is 7.09. The average molecular weight is 345 g/mol. The van der Waals surface area contributed by atoms with Gasteiger partial charge in [-0.1, -0.05) is 6.07 Å². The second kappa shape index (κ2) is 6.05. The van der Waals surface area contributed by atoms with Gasteiger partial charge in [0.15, 0.2) is 0 Å². The zero-order valence-electron chi connectivity index (χ0n) is 14.3. The van der Waals surface area contributed by atoms with Crippen molar-refractivity contribution < 1.29 is 0 Å². The molecule has 1 saturated heterocycles. The molecular formula is C20H19N5O. The van der Waals surface area contributed by atoms with Crippen LogP contribution in [-0.4, -0.2) is 32.6 Å². The molecule has 0 saturated carbocycles. The summed E-state index contributed by atoms with van der Waals surface area (Å²) in [4.78, 5) is 27.9. The van der Waals surface area contributed by atoms with Crippen molar-refractivity contribution in [3.05, 3.63) is 71.0 Å². The Kier molecular flexibility index (Phi) is 3.55. The minimum Gasteiger partial charge on any atom is -0.340 e. The van der Waals surface area contributed by atoms with Gasteiger partial charge in [-0.2, -0.15) is 0 Å². The molecule has 1 fully saturated rings. The third-order valence-electron chi connectivity index (χ3n) is 5.36. The van der Waals surface area contributed by atoms with E-state index < -0.39 is 0 Å². The Morgan fingerprint density at radius 3 is 2.85 bits per heavy atom. The highest BCUT2D eigenvalue weighted by atomic mass is 16.1. The summed E-state index contributed by atoms with van der Waals surface area (Å²) < 4.78 is 1.95. The Bertz CT molecular complexity index is 1000. The fourth-order valence-corrected chi connectivity index (χ4v) is 4.24. The largest absolute Gasteiger partial charge is 0.340 e. The summed E-state index contributed by atoms with van der Waals surface area (Å²) in [7, 11) is 0. The molecule has 2 aliphatic heterocycles. The number of aromatic nitrogens is 4. The highest BCUT2D eigenvalue weighted by Crippen LogP contribution is 2.36. The molecule has 0 aliphatic carbocycles. The van der Waals surface area contributed by atoms with Crippen molar-refractivity contribution in [2.24, 2.45) is 5.92 Å². The van der Waals surface area contributed by atoms with E-state index in [0.29, 0.717) is 11.8 Å². The lowest BCUT2D eigenvalue weighted by Gasteiger charge is -2.42. The third-order valence-corrected chi connectivity index (χ3v) is 5.36. The quantitative estimate of drug-likeness (QED) is 0.713. The second-order valence-corrected chi connectivity index (χ2v) is 7.09.